The largest absolute Gasteiger partial charge is 0.494 e. The predicted octanol–water partition coefficient (Wildman–Crippen LogP) is 4.00. The van der Waals surface area contributed by atoms with Crippen LogP contribution in [0.15, 0.2) is 28.7 Å². The Morgan fingerprint density at radius 1 is 1.18 bits per heavy atom. The van der Waals surface area contributed by atoms with E-state index in [1.54, 1.807) is 0 Å². The Morgan fingerprint density at radius 3 is 2.76 bits per heavy atom. The van der Waals surface area contributed by atoms with Gasteiger partial charge in [0.05, 0.1) is 6.61 Å². The van der Waals surface area contributed by atoms with Gasteiger partial charge in [0.25, 0.3) is 0 Å². The van der Waals surface area contributed by atoms with Gasteiger partial charge in [-0.1, -0.05) is 41.8 Å². The van der Waals surface area contributed by atoms with Crippen molar-refractivity contribution in [1.82, 2.24) is 5.32 Å². The molecule has 0 aliphatic carbocycles. The van der Waals surface area contributed by atoms with Gasteiger partial charge in [0.1, 0.15) is 5.75 Å². The molecule has 0 bridgehead atoms. The first-order valence-corrected chi connectivity index (χ1v) is 7.21. The second kappa shape index (κ2) is 9.49. The van der Waals surface area contributed by atoms with Crippen LogP contribution in [0.5, 0.6) is 5.75 Å². The van der Waals surface area contributed by atoms with Crippen molar-refractivity contribution in [1.29, 1.82) is 0 Å². The van der Waals surface area contributed by atoms with E-state index >= 15 is 0 Å². The lowest BCUT2D eigenvalue weighted by Gasteiger charge is -2.06. The number of unbranched alkanes of at least 4 members (excludes halogenated alkanes) is 3. The van der Waals surface area contributed by atoms with Crippen molar-refractivity contribution in [3.8, 4) is 5.75 Å². The van der Waals surface area contributed by atoms with Crippen LogP contribution in [-0.4, -0.2) is 19.7 Å². The van der Waals surface area contributed by atoms with E-state index in [9.17, 15) is 0 Å². The Bertz CT molecular complexity index is 304. The number of hydrogen-bond donors (Lipinski definition) is 1. The minimum absolute atomic E-state index is 0.817. The van der Waals surface area contributed by atoms with Crippen molar-refractivity contribution in [2.75, 3.05) is 19.7 Å². The second-order valence-corrected chi connectivity index (χ2v) is 4.99. The molecule has 0 unspecified atom stereocenters. The lowest BCUT2D eigenvalue weighted by Crippen LogP contribution is -2.13. The van der Waals surface area contributed by atoms with Gasteiger partial charge in [-0.05, 0) is 44.1 Å². The number of halogens is 1. The molecule has 0 saturated carbocycles. The molecule has 0 saturated heterocycles. The predicted molar refractivity (Wildman–Crippen MR) is 76.6 cm³/mol. The zero-order valence-corrected chi connectivity index (χ0v) is 12.1. The molecule has 0 aromatic heterocycles. The molecule has 17 heavy (non-hydrogen) atoms. The van der Waals surface area contributed by atoms with Crippen LogP contribution in [0.2, 0.25) is 0 Å². The van der Waals surface area contributed by atoms with E-state index in [0.717, 1.165) is 36.3 Å². The maximum Gasteiger partial charge on any atom is 0.120 e. The fourth-order valence-electron chi connectivity index (χ4n) is 1.63. The van der Waals surface area contributed by atoms with Crippen molar-refractivity contribution in [2.24, 2.45) is 0 Å². The molecule has 0 heterocycles. The van der Waals surface area contributed by atoms with Crippen LogP contribution < -0.4 is 10.1 Å². The van der Waals surface area contributed by atoms with Gasteiger partial charge in [0, 0.05) is 4.47 Å². The lowest BCUT2D eigenvalue weighted by molar-refractivity contribution is 0.304. The molecule has 1 rings (SSSR count). The summed E-state index contributed by atoms with van der Waals surface area (Å²) in [7, 11) is 0. The Kier molecular flexibility index (Phi) is 8.10. The molecule has 0 spiro atoms. The smallest absolute Gasteiger partial charge is 0.120 e. The summed E-state index contributed by atoms with van der Waals surface area (Å²) in [6, 6.07) is 8.00. The van der Waals surface area contributed by atoms with E-state index in [4.69, 9.17) is 4.74 Å². The highest BCUT2D eigenvalue weighted by Crippen LogP contribution is 2.17. The van der Waals surface area contributed by atoms with Gasteiger partial charge < -0.3 is 10.1 Å². The van der Waals surface area contributed by atoms with Gasteiger partial charge in [-0.3, -0.25) is 0 Å². The molecule has 0 atom stereocenters. The molecule has 3 heteroatoms. The Balaban J connectivity index is 1.97. The Hall–Kier alpha value is -0.540. The number of benzene rings is 1. The van der Waals surface area contributed by atoms with Gasteiger partial charge in [-0.25, -0.2) is 0 Å². The SMILES string of the molecule is CCNCCCCCCOc1cccc(Br)c1. The Labute approximate surface area is 113 Å². The minimum atomic E-state index is 0.817. The third-order valence-corrected chi connectivity index (χ3v) is 3.06. The number of ether oxygens (including phenoxy) is 1. The summed E-state index contributed by atoms with van der Waals surface area (Å²) < 4.78 is 6.74. The normalized spacial score (nSPS) is 10.5. The minimum Gasteiger partial charge on any atom is -0.494 e. The summed E-state index contributed by atoms with van der Waals surface area (Å²) in [6.45, 7) is 5.18. The van der Waals surface area contributed by atoms with Gasteiger partial charge >= 0.3 is 0 Å². The maximum atomic E-state index is 5.67. The van der Waals surface area contributed by atoms with E-state index < -0.39 is 0 Å². The summed E-state index contributed by atoms with van der Waals surface area (Å²) in [6.07, 6.45) is 4.94. The summed E-state index contributed by atoms with van der Waals surface area (Å²) in [4.78, 5) is 0. The van der Waals surface area contributed by atoms with Crippen LogP contribution in [0.25, 0.3) is 0 Å². The number of hydrogen-bond acceptors (Lipinski definition) is 2. The molecule has 2 nitrogen and oxygen atoms in total. The van der Waals surface area contributed by atoms with Crippen LogP contribution in [0.3, 0.4) is 0 Å². The summed E-state index contributed by atoms with van der Waals surface area (Å²) in [5, 5.41) is 3.33. The first kappa shape index (κ1) is 14.5. The molecule has 1 N–H and O–H groups in total. The quantitative estimate of drug-likeness (QED) is 0.696. The lowest BCUT2D eigenvalue weighted by atomic mass is 10.2. The molecule has 0 aliphatic rings. The van der Waals surface area contributed by atoms with Crippen LogP contribution in [0.1, 0.15) is 32.6 Å². The fourth-order valence-corrected chi connectivity index (χ4v) is 2.01. The van der Waals surface area contributed by atoms with Crippen LogP contribution in [-0.2, 0) is 0 Å². The molecule has 0 amide bonds. The van der Waals surface area contributed by atoms with E-state index in [0.29, 0.717) is 0 Å². The van der Waals surface area contributed by atoms with E-state index in [1.807, 2.05) is 24.3 Å². The van der Waals surface area contributed by atoms with Crippen molar-refractivity contribution in [3.63, 3.8) is 0 Å². The number of rotatable bonds is 9. The monoisotopic (exact) mass is 299 g/mol. The van der Waals surface area contributed by atoms with E-state index in [2.05, 4.69) is 28.2 Å². The fraction of sp³-hybridized carbons (Fsp3) is 0.571. The second-order valence-electron chi connectivity index (χ2n) is 4.07. The maximum absolute atomic E-state index is 5.67. The van der Waals surface area contributed by atoms with Crippen molar-refractivity contribution >= 4 is 15.9 Å². The summed E-state index contributed by atoms with van der Waals surface area (Å²) >= 11 is 3.43. The molecule has 96 valence electrons. The highest BCUT2D eigenvalue weighted by Gasteiger charge is 1.95. The summed E-state index contributed by atoms with van der Waals surface area (Å²) in [5.74, 6) is 0.951. The molecule has 1 aromatic rings. The van der Waals surface area contributed by atoms with Crippen LogP contribution in [0.4, 0.5) is 0 Å². The molecule has 0 fully saturated rings. The molecule has 1 aromatic carbocycles. The highest BCUT2D eigenvalue weighted by molar-refractivity contribution is 9.10. The summed E-state index contributed by atoms with van der Waals surface area (Å²) in [5.41, 5.74) is 0. The third kappa shape index (κ3) is 7.40. The average Bonchev–Trinajstić information content (AvgIpc) is 2.33. The third-order valence-electron chi connectivity index (χ3n) is 2.56. The average molecular weight is 300 g/mol. The van der Waals surface area contributed by atoms with Gasteiger partial charge in [-0.15, -0.1) is 0 Å². The van der Waals surface area contributed by atoms with Crippen molar-refractivity contribution in [3.05, 3.63) is 28.7 Å². The molecular formula is C14H22BrNO. The van der Waals surface area contributed by atoms with Crippen molar-refractivity contribution < 1.29 is 4.74 Å². The van der Waals surface area contributed by atoms with Gasteiger partial charge in [0.2, 0.25) is 0 Å². The zero-order chi connectivity index (χ0) is 12.3. The zero-order valence-electron chi connectivity index (χ0n) is 10.5. The van der Waals surface area contributed by atoms with Crippen molar-refractivity contribution in [2.45, 2.75) is 32.6 Å². The highest BCUT2D eigenvalue weighted by atomic mass is 79.9. The first-order chi connectivity index (χ1) is 8.33. The number of nitrogens with one attached hydrogen (secondary N) is 1. The van der Waals surface area contributed by atoms with Gasteiger partial charge in [0.15, 0.2) is 0 Å². The van der Waals surface area contributed by atoms with E-state index in [1.165, 1.54) is 19.3 Å². The molecule has 0 aliphatic heterocycles. The Morgan fingerprint density at radius 2 is 2.00 bits per heavy atom. The topological polar surface area (TPSA) is 21.3 Å². The van der Waals surface area contributed by atoms with Crippen LogP contribution >= 0.6 is 15.9 Å². The molecule has 0 radical (unpaired) electrons. The van der Waals surface area contributed by atoms with Crippen LogP contribution in [0, 0.1) is 0 Å². The first-order valence-electron chi connectivity index (χ1n) is 6.42. The van der Waals surface area contributed by atoms with Gasteiger partial charge in [-0.2, -0.15) is 0 Å². The molecular weight excluding hydrogens is 278 g/mol. The van der Waals surface area contributed by atoms with E-state index in [-0.39, 0.29) is 0 Å². The standard InChI is InChI=1S/C14H22BrNO/c1-2-16-10-5-3-4-6-11-17-14-9-7-8-13(15)12-14/h7-9,12,16H,2-6,10-11H2,1H3.